The van der Waals surface area contributed by atoms with Gasteiger partial charge in [-0.15, -0.1) is 11.3 Å². The molecule has 2 N–H and O–H groups in total. The Morgan fingerprint density at radius 2 is 2.29 bits per heavy atom. The highest BCUT2D eigenvalue weighted by Crippen LogP contribution is 2.20. The van der Waals surface area contributed by atoms with E-state index >= 15 is 0 Å². The normalized spacial score (nSPS) is 11.0. The largest absolute Gasteiger partial charge is 0.358 e. The van der Waals surface area contributed by atoms with Gasteiger partial charge in [-0.1, -0.05) is 0 Å². The summed E-state index contributed by atoms with van der Waals surface area (Å²) >= 11 is 1.68. The molecular formula is C11H16N4OS. The molecule has 0 saturated carbocycles. The molecule has 1 amide bonds. The smallest absolute Gasteiger partial charge is 0.233 e. The number of thiazole rings is 1. The van der Waals surface area contributed by atoms with Crippen molar-refractivity contribution in [1.82, 2.24) is 20.0 Å². The number of amides is 1. The summed E-state index contributed by atoms with van der Waals surface area (Å²) in [6.07, 6.45) is 2.08. The van der Waals surface area contributed by atoms with Gasteiger partial charge < -0.3 is 10.6 Å². The van der Waals surface area contributed by atoms with Crippen LogP contribution < -0.4 is 10.6 Å². The Bertz CT molecular complexity index is 543. The van der Waals surface area contributed by atoms with Gasteiger partial charge in [0.05, 0.1) is 17.9 Å². The van der Waals surface area contributed by atoms with Gasteiger partial charge in [0.25, 0.3) is 0 Å². The minimum absolute atomic E-state index is 0.00934. The third-order valence-electron chi connectivity index (χ3n) is 2.60. The lowest BCUT2D eigenvalue weighted by atomic mass is 10.3. The number of carbonyl (C=O) groups is 1. The Morgan fingerprint density at radius 3 is 3.00 bits per heavy atom. The molecule has 2 aromatic heterocycles. The molecule has 0 aromatic carbocycles. The average molecular weight is 252 g/mol. The second-order valence-electron chi connectivity index (χ2n) is 3.92. The summed E-state index contributed by atoms with van der Waals surface area (Å²) in [6, 6.07) is 0. The maximum absolute atomic E-state index is 11.1. The van der Waals surface area contributed by atoms with E-state index < -0.39 is 0 Å². The second kappa shape index (κ2) is 4.85. The molecule has 0 unspecified atom stereocenters. The Kier molecular flexibility index (Phi) is 3.44. The first-order valence-electron chi connectivity index (χ1n) is 5.47. The molecule has 2 rings (SSSR count). The molecule has 0 radical (unpaired) electrons. The van der Waals surface area contributed by atoms with Crippen LogP contribution in [0.3, 0.4) is 0 Å². The predicted molar refractivity (Wildman–Crippen MR) is 68.3 cm³/mol. The number of hydrogen-bond donors (Lipinski definition) is 2. The van der Waals surface area contributed by atoms with E-state index in [1.165, 1.54) is 4.88 Å². The topological polar surface area (TPSA) is 58.4 Å². The van der Waals surface area contributed by atoms with E-state index in [2.05, 4.69) is 33.1 Å². The van der Waals surface area contributed by atoms with Gasteiger partial charge in [0.15, 0.2) is 4.96 Å². The predicted octanol–water partition coefficient (Wildman–Crippen LogP) is 0.848. The van der Waals surface area contributed by atoms with Gasteiger partial charge in [-0.05, 0) is 13.8 Å². The molecule has 0 fully saturated rings. The van der Waals surface area contributed by atoms with Gasteiger partial charge in [0, 0.05) is 24.7 Å². The van der Waals surface area contributed by atoms with Gasteiger partial charge in [0.2, 0.25) is 5.91 Å². The van der Waals surface area contributed by atoms with Crippen LogP contribution in [0.5, 0.6) is 0 Å². The molecule has 6 heteroatoms. The van der Waals surface area contributed by atoms with Crippen LogP contribution in [0.15, 0.2) is 6.20 Å². The number of rotatable bonds is 4. The first kappa shape index (κ1) is 12.1. The van der Waals surface area contributed by atoms with E-state index in [0.717, 1.165) is 16.3 Å². The van der Waals surface area contributed by atoms with Crippen LogP contribution in [0.2, 0.25) is 0 Å². The number of carbonyl (C=O) groups excluding carboxylic acids is 1. The molecule has 2 aromatic rings. The summed E-state index contributed by atoms with van der Waals surface area (Å²) in [5.74, 6) is -0.00934. The van der Waals surface area contributed by atoms with Crippen LogP contribution in [-0.2, 0) is 11.3 Å². The molecule has 17 heavy (non-hydrogen) atoms. The maximum Gasteiger partial charge on any atom is 0.233 e. The highest BCUT2D eigenvalue weighted by Gasteiger charge is 2.10. The molecule has 2 heterocycles. The summed E-state index contributed by atoms with van der Waals surface area (Å²) < 4.78 is 2.09. The summed E-state index contributed by atoms with van der Waals surface area (Å²) in [4.78, 5) is 17.8. The molecule has 0 aliphatic rings. The summed E-state index contributed by atoms with van der Waals surface area (Å²) in [6.45, 7) is 5.03. The van der Waals surface area contributed by atoms with Crippen molar-refractivity contribution in [2.75, 3.05) is 13.6 Å². The highest BCUT2D eigenvalue weighted by atomic mass is 32.1. The second-order valence-corrected chi connectivity index (χ2v) is 5.13. The fraction of sp³-hybridized carbons (Fsp3) is 0.455. The van der Waals surface area contributed by atoms with Gasteiger partial charge in [-0.25, -0.2) is 4.98 Å². The van der Waals surface area contributed by atoms with Crippen molar-refractivity contribution in [3.05, 3.63) is 22.5 Å². The van der Waals surface area contributed by atoms with Gasteiger partial charge in [-0.3, -0.25) is 9.20 Å². The Hall–Kier alpha value is -1.40. The number of aromatic nitrogens is 2. The molecule has 0 bridgehead atoms. The number of nitrogens with one attached hydrogen (secondary N) is 2. The van der Waals surface area contributed by atoms with Gasteiger partial charge in [-0.2, -0.15) is 0 Å². The standard InChI is InChI=1S/C11H16N4OS/c1-7-6-15-9(4-13-5-10(16)12-3)8(2)14-11(15)17-7/h6,13H,4-5H2,1-3H3,(H,12,16). The molecule has 0 aliphatic heterocycles. The minimum Gasteiger partial charge on any atom is -0.358 e. The monoisotopic (exact) mass is 252 g/mol. The van der Waals surface area contributed by atoms with Crippen molar-refractivity contribution < 1.29 is 4.79 Å². The van der Waals surface area contributed by atoms with Gasteiger partial charge in [0.1, 0.15) is 0 Å². The minimum atomic E-state index is -0.00934. The maximum atomic E-state index is 11.1. The summed E-state index contributed by atoms with van der Waals surface area (Å²) in [5.41, 5.74) is 2.13. The van der Waals surface area contributed by atoms with E-state index in [9.17, 15) is 4.79 Å². The van der Waals surface area contributed by atoms with Crippen molar-refractivity contribution in [3.8, 4) is 0 Å². The lowest BCUT2D eigenvalue weighted by molar-refractivity contribution is -0.119. The van der Waals surface area contributed by atoms with Crippen molar-refractivity contribution >= 4 is 22.2 Å². The average Bonchev–Trinajstić information content (AvgIpc) is 2.76. The van der Waals surface area contributed by atoms with Crippen LogP contribution in [0.25, 0.3) is 4.96 Å². The molecule has 5 nitrogen and oxygen atoms in total. The fourth-order valence-corrected chi connectivity index (χ4v) is 2.59. The van der Waals surface area contributed by atoms with Crippen LogP contribution in [0.4, 0.5) is 0 Å². The Labute approximate surface area is 104 Å². The zero-order valence-electron chi connectivity index (χ0n) is 10.2. The SMILES string of the molecule is CNC(=O)CNCc1c(C)nc2sc(C)cn12. The van der Waals surface area contributed by atoms with E-state index in [4.69, 9.17) is 0 Å². The van der Waals surface area contributed by atoms with Crippen molar-refractivity contribution in [1.29, 1.82) is 0 Å². The van der Waals surface area contributed by atoms with Gasteiger partial charge >= 0.3 is 0 Å². The molecule has 0 atom stereocenters. The molecular weight excluding hydrogens is 236 g/mol. The number of imidazole rings is 1. The third-order valence-corrected chi connectivity index (χ3v) is 3.50. The lowest BCUT2D eigenvalue weighted by Gasteiger charge is -2.04. The van der Waals surface area contributed by atoms with Crippen molar-refractivity contribution in [2.24, 2.45) is 0 Å². The van der Waals surface area contributed by atoms with Crippen LogP contribution in [0, 0.1) is 13.8 Å². The van der Waals surface area contributed by atoms with Crippen LogP contribution in [0.1, 0.15) is 16.3 Å². The number of aryl methyl sites for hydroxylation is 2. The highest BCUT2D eigenvalue weighted by molar-refractivity contribution is 7.17. The quantitative estimate of drug-likeness (QED) is 0.848. The zero-order valence-corrected chi connectivity index (χ0v) is 11.0. The van der Waals surface area contributed by atoms with Crippen molar-refractivity contribution in [2.45, 2.75) is 20.4 Å². The van der Waals surface area contributed by atoms with E-state index in [0.29, 0.717) is 13.1 Å². The molecule has 0 aliphatic carbocycles. The van der Waals surface area contributed by atoms with E-state index in [-0.39, 0.29) is 5.91 Å². The first-order chi connectivity index (χ1) is 8.11. The number of likely N-dealkylation sites (N-methyl/N-ethyl adjacent to an activating group) is 1. The number of fused-ring (bicyclic) bond motifs is 1. The zero-order chi connectivity index (χ0) is 12.4. The number of nitrogens with zero attached hydrogens (tertiary/aromatic N) is 2. The third kappa shape index (κ3) is 2.48. The number of hydrogen-bond acceptors (Lipinski definition) is 4. The molecule has 0 spiro atoms. The van der Waals surface area contributed by atoms with E-state index in [1.807, 2.05) is 6.92 Å². The Morgan fingerprint density at radius 1 is 1.53 bits per heavy atom. The Balaban J connectivity index is 2.11. The molecule has 0 saturated heterocycles. The summed E-state index contributed by atoms with van der Waals surface area (Å²) in [5, 5.41) is 5.69. The lowest BCUT2D eigenvalue weighted by Crippen LogP contribution is -2.31. The molecule has 92 valence electrons. The first-order valence-corrected chi connectivity index (χ1v) is 6.28. The van der Waals surface area contributed by atoms with Crippen molar-refractivity contribution in [3.63, 3.8) is 0 Å². The summed E-state index contributed by atoms with van der Waals surface area (Å²) in [7, 11) is 1.63. The van der Waals surface area contributed by atoms with E-state index in [1.54, 1.807) is 18.4 Å². The fourth-order valence-electron chi connectivity index (χ4n) is 1.70. The van der Waals surface area contributed by atoms with Crippen LogP contribution >= 0.6 is 11.3 Å². The van der Waals surface area contributed by atoms with Crippen LogP contribution in [-0.4, -0.2) is 28.9 Å².